The molecule has 3 heteroatoms. The van der Waals surface area contributed by atoms with Gasteiger partial charge in [0, 0.05) is 0 Å². The summed E-state index contributed by atoms with van der Waals surface area (Å²) < 4.78 is 4.66. The topological polar surface area (TPSA) is 43.4 Å². The fourth-order valence-electron chi connectivity index (χ4n) is 2.46. The summed E-state index contributed by atoms with van der Waals surface area (Å²) in [6, 6.07) is 7.95. The van der Waals surface area contributed by atoms with Crippen molar-refractivity contribution in [2.24, 2.45) is 11.8 Å². The van der Waals surface area contributed by atoms with Crippen molar-refractivity contribution < 1.29 is 14.3 Å². The van der Waals surface area contributed by atoms with Crippen LogP contribution in [0.15, 0.2) is 24.3 Å². The summed E-state index contributed by atoms with van der Waals surface area (Å²) in [5.74, 6) is -1.18. The van der Waals surface area contributed by atoms with Crippen molar-refractivity contribution in [2.45, 2.75) is 12.8 Å². The lowest BCUT2D eigenvalue weighted by molar-refractivity contribution is -0.153. The average Bonchev–Trinajstić information content (AvgIpc) is 2.52. The van der Waals surface area contributed by atoms with Gasteiger partial charge in [0.2, 0.25) is 0 Å². The van der Waals surface area contributed by atoms with Gasteiger partial charge in [0.1, 0.15) is 0 Å². The average molecular weight is 202 g/mol. The molecule has 15 heavy (non-hydrogen) atoms. The van der Waals surface area contributed by atoms with Crippen LogP contribution in [0.25, 0.3) is 0 Å². The van der Waals surface area contributed by atoms with Gasteiger partial charge in [-0.1, -0.05) is 24.3 Å². The standard InChI is InChI=1S/C12H10O3/c13-11-9-5-7-3-1-2-4-8(7)6-10(9)12(14)15-11/h1-4,9-10H,5-6H2/t9-,10-/m0/s1. The Morgan fingerprint density at radius 3 is 1.87 bits per heavy atom. The molecule has 0 bridgehead atoms. The first-order chi connectivity index (χ1) is 7.25. The minimum atomic E-state index is -0.348. The number of rotatable bonds is 0. The normalized spacial score (nSPS) is 28.3. The molecule has 1 fully saturated rings. The zero-order chi connectivity index (χ0) is 10.4. The lowest BCUT2D eigenvalue weighted by Crippen LogP contribution is -2.27. The molecule has 0 amide bonds. The molecule has 1 saturated heterocycles. The number of ether oxygens (including phenoxy) is 1. The number of cyclic esters (lactones) is 2. The zero-order valence-electron chi connectivity index (χ0n) is 8.10. The van der Waals surface area contributed by atoms with Crippen molar-refractivity contribution in [1.82, 2.24) is 0 Å². The largest absolute Gasteiger partial charge is 0.393 e. The van der Waals surface area contributed by atoms with E-state index in [1.54, 1.807) is 0 Å². The molecule has 2 atom stereocenters. The Balaban J connectivity index is 2.03. The van der Waals surface area contributed by atoms with Crippen LogP contribution in [0.2, 0.25) is 0 Å². The highest BCUT2D eigenvalue weighted by atomic mass is 16.6. The molecular formula is C12H10O3. The summed E-state index contributed by atoms with van der Waals surface area (Å²) in [5.41, 5.74) is 2.34. The molecule has 3 nitrogen and oxygen atoms in total. The van der Waals surface area contributed by atoms with E-state index in [4.69, 9.17) is 0 Å². The van der Waals surface area contributed by atoms with Gasteiger partial charge in [-0.05, 0) is 24.0 Å². The van der Waals surface area contributed by atoms with Crippen LogP contribution in [0.5, 0.6) is 0 Å². The van der Waals surface area contributed by atoms with E-state index in [0.717, 1.165) is 0 Å². The molecule has 0 aromatic heterocycles. The second kappa shape index (κ2) is 2.92. The van der Waals surface area contributed by atoms with E-state index in [0.29, 0.717) is 12.8 Å². The van der Waals surface area contributed by atoms with Crippen molar-refractivity contribution in [3.63, 3.8) is 0 Å². The summed E-state index contributed by atoms with van der Waals surface area (Å²) in [4.78, 5) is 22.8. The lowest BCUT2D eigenvalue weighted by atomic mass is 9.77. The highest BCUT2D eigenvalue weighted by Gasteiger charge is 2.46. The van der Waals surface area contributed by atoms with Gasteiger partial charge >= 0.3 is 11.9 Å². The number of carbonyl (C=O) groups excluding carboxylic acids is 2. The molecule has 1 aliphatic heterocycles. The van der Waals surface area contributed by atoms with Gasteiger partial charge in [0.05, 0.1) is 11.8 Å². The molecule has 0 spiro atoms. The van der Waals surface area contributed by atoms with E-state index >= 15 is 0 Å². The molecular weight excluding hydrogens is 192 g/mol. The van der Waals surface area contributed by atoms with E-state index in [1.807, 2.05) is 24.3 Å². The molecule has 1 aliphatic carbocycles. The number of hydrogen-bond acceptors (Lipinski definition) is 3. The molecule has 76 valence electrons. The first-order valence-corrected chi connectivity index (χ1v) is 5.08. The van der Waals surface area contributed by atoms with Crippen LogP contribution in [0, 0.1) is 11.8 Å². The van der Waals surface area contributed by atoms with Gasteiger partial charge in [0.15, 0.2) is 0 Å². The minimum absolute atomic E-state index is 0.243. The summed E-state index contributed by atoms with van der Waals surface area (Å²) in [5, 5.41) is 0. The Kier molecular flexibility index (Phi) is 1.69. The van der Waals surface area contributed by atoms with Crippen LogP contribution in [-0.4, -0.2) is 11.9 Å². The molecule has 3 rings (SSSR count). The first-order valence-electron chi connectivity index (χ1n) is 5.08. The first kappa shape index (κ1) is 8.65. The van der Waals surface area contributed by atoms with Crippen molar-refractivity contribution >= 4 is 11.9 Å². The van der Waals surface area contributed by atoms with Crippen molar-refractivity contribution in [1.29, 1.82) is 0 Å². The fraction of sp³-hybridized carbons (Fsp3) is 0.333. The van der Waals surface area contributed by atoms with Gasteiger partial charge in [-0.25, -0.2) is 0 Å². The number of hydrogen-bond donors (Lipinski definition) is 0. The monoisotopic (exact) mass is 202 g/mol. The third-order valence-electron chi connectivity index (χ3n) is 3.29. The second-order valence-electron chi connectivity index (χ2n) is 4.13. The van der Waals surface area contributed by atoms with E-state index in [2.05, 4.69) is 4.74 Å². The lowest BCUT2D eigenvalue weighted by Gasteiger charge is -2.22. The summed E-state index contributed by atoms with van der Waals surface area (Å²) in [6.45, 7) is 0. The molecule has 0 radical (unpaired) electrons. The highest BCUT2D eigenvalue weighted by Crippen LogP contribution is 2.35. The number of esters is 2. The molecule has 1 heterocycles. The van der Waals surface area contributed by atoms with Gasteiger partial charge in [-0.15, -0.1) is 0 Å². The third-order valence-corrected chi connectivity index (χ3v) is 3.29. The molecule has 0 saturated carbocycles. The predicted octanol–water partition coefficient (Wildman–Crippen LogP) is 1.10. The molecule has 2 aliphatic rings. The van der Waals surface area contributed by atoms with E-state index in [9.17, 15) is 9.59 Å². The van der Waals surface area contributed by atoms with Crippen molar-refractivity contribution in [2.75, 3.05) is 0 Å². The van der Waals surface area contributed by atoms with Crippen molar-refractivity contribution in [3.05, 3.63) is 35.4 Å². The zero-order valence-corrected chi connectivity index (χ0v) is 8.10. The van der Waals surface area contributed by atoms with E-state index in [-0.39, 0.29) is 23.8 Å². The number of carbonyl (C=O) groups is 2. The van der Waals surface area contributed by atoms with E-state index in [1.165, 1.54) is 11.1 Å². The third kappa shape index (κ3) is 1.19. The Hall–Kier alpha value is -1.64. The van der Waals surface area contributed by atoms with Gasteiger partial charge in [-0.2, -0.15) is 0 Å². The van der Waals surface area contributed by atoms with Crippen LogP contribution in [0.1, 0.15) is 11.1 Å². The molecule has 1 aromatic carbocycles. The van der Waals surface area contributed by atoms with Crippen molar-refractivity contribution in [3.8, 4) is 0 Å². The molecule has 0 unspecified atom stereocenters. The smallest absolute Gasteiger partial charge is 0.317 e. The van der Waals surface area contributed by atoms with Gasteiger partial charge in [-0.3, -0.25) is 9.59 Å². The maximum Gasteiger partial charge on any atom is 0.317 e. The highest BCUT2D eigenvalue weighted by molar-refractivity contribution is 5.97. The number of fused-ring (bicyclic) bond motifs is 2. The summed E-state index contributed by atoms with van der Waals surface area (Å²) >= 11 is 0. The maximum atomic E-state index is 11.4. The number of benzene rings is 1. The Morgan fingerprint density at radius 1 is 0.933 bits per heavy atom. The van der Waals surface area contributed by atoms with E-state index < -0.39 is 0 Å². The molecule has 0 N–H and O–H groups in total. The van der Waals surface area contributed by atoms with Crippen LogP contribution < -0.4 is 0 Å². The molecule has 1 aromatic rings. The minimum Gasteiger partial charge on any atom is -0.393 e. The van der Waals surface area contributed by atoms with Crippen LogP contribution >= 0.6 is 0 Å². The summed E-state index contributed by atoms with van der Waals surface area (Å²) in [6.07, 6.45) is 1.29. The Labute approximate surface area is 87.0 Å². The van der Waals surface area contributed by atoms with Gasteiger partial charge < -0.3 is 4.74 Å². The van der Waals surface area contributed by atoms with Gasteiger partial charge in [0.25, 0.3) is 0 Å². The SMILES string of the molecule is O=C1OC(=O)[C@H]2Cc3ccccc3C[C@H]12. The maximum absolute atomic E-state index is 11.4. The quantitative estimate of drug-likeness (QED) is 0.467. The fourth-order valence-corrected chi connectivity index (χ4v) is 2.46. The predicted molar refractivity (Wildman–Crippen MR) is 51.9 cm³/mol. The second-order valence-corrected chi connectivity index (χ2v) is 4.13. The van der Waals surface area contributed by atoms with Crippen LogP contribution in [0.3, 0.4) is 0 Å². The van der Waals surface area contributed by atoms with Crippen LogP contribution in [0.4, 0.5) is 0 Å². The Bertz CT molecular complexity index is 409. The summed E-state index contributed by atoms with van der Waals surface area (Å²) in [7, 11) is 0. The Morgan fingerprint density at radius 2 is 1.40 bits per heavy atom. The van der Waals surface area contributed by atoms with Crippen LogP contribution in [-0.2, 0) is 27.2 Å².